The number of hydrogen-bond donors (Lipinski definition) is 0. The first-order valence-electron chi connectivity index (χ1n) is 3.90. The van der Waals surface area contributed by atoms with Crippen molar-refractivity contribution in [1.82, 2.24) is 4.98 Å². The minimum Gasteiger partial charge on any atom is -0.261 e. The highest BCUT2D eigenvalue weighted by Gasteiger charge is 2.03. The van der Waals surface area contributed by atoms with Crippen LogP contribution < -0.4 is 0 Å². The van der Waals surface area contributed by atoms with Crippen molar-refractivity contribution in [3.05, 3.63) is 41.3 Å². The molecule has 2 heterocycles. The van der Waals surface area contributed by atoms with Gasteiger partial charge in [0.1, 0.15) is 16.8 Å². The van der Waals surface area contributed by atoms with Crippen molar-refractivity contribution in [3.8, 4) is 16.5 Å². The van der Waals surface area contributed by atoms with Crippen LogP contribution in [0.15, 0.2) is 30.6 Å². The van der Waals surface area contributed by atoms with E-state index in [1.807, 2.05) is 6.07 Å². The van der Waals surface area contributed by atoms with E-state index >= 15 is 0 Å². The van der Waals surface area contributed by atoms with E-state index in [2.05, 4.69) is 4.98 Å². The number of rotatable bonds is 1. The van der Waals surface area contributed by atoms with Gasteiger partial charge in [0.25, 0.3) is 0 Å². The molecular weight excluding hydrogens is 199 g/mol. The number of hydrogen-bond acceptors (Lipinski definition) is 3. The third kappa shape index (κ3) is 1.63. The Labute approximate surface area is 84.3 Å². The maximum absolute atomic E-state index is 12.8. The van der Waals surface area contributed by atoms with E-state index in [4.69, 9.17) is 5.26 Å². The zero-order valence-electron chi connectivity index (χ0n) is 7.07. The Morgan fingerprint density at radius 3 is 2.86 bits per heavy atom. The molecule has 0 saturated heterocycles. The van der Waals surface area contributed by atoms with Gasteiger partial charge < -0.3 is 0 Å². The highest BCUT2D eigenvalue weighted by atomic mass is 32.1. The van der Waals surface area contributed by atoms with Gasteiger partial charge in [-0.15, -0.1) is 11.3 Å². The normalized spacial score (nSPS) is 9.71. The molecule has 0 unspecified atom stereocenters. The van der Waals surface area contributed by atoms with Crippen molar-refractivity contribution in [2.75, 3.05) is 0 Å². The monoisotopic (exact) mass is 204 g/mol. The summed E-state index contributed by atoms with van der Waals surface area (Å²) < 4.78 is 12.8. The molecule has 0 atom stereocenters. The van der Waals surface area contributed by atoms with Gasteiger partial charge in [-0.1, -0.05) is 0 Å². The molecular formula is C10H5FN2S. The van der Waals surface area contributed by atoms with Crippen LogP contribution in [-0.2, 0) is 0 Å². The third-order valence-electron chi connectivity index (χ3n) is 1.71. The lowest BCUT2D eigenvalue weighted by molar-refractivity contribution is 0.622. The van der Waals surface area contributed by atoms with E-state index in [0.717, 1.165) is 11.1 Å². The topological polar surface area (TPSA) is 36.7 Å². The van der Waals surface area contributed by atoms with Crippen LogP contribution in [0.1, 0.15) is 4.88 Å². The first-order valence-corrected chi connectivity index (χ1v) is 4.72. The molecule has 0 spiro atoms. The van der Waals surface area contributed by atoms with Crippen molar-refractivity contribution in [1.29, 1.82) is 5.26 Å². The quantitative estimate of drug-likeness (QED) is 0.716. The van der Waals surface area contributed by atoms with Crippen molar-refractivity contribution in [2.24, 2.45) is 0 Å². The zero-order chi connectivity index (χ0) is 9.97. The third-order valence-corrected chi connectivity index (χ3v) is 2.74. The molecule has 2 aromatic rings. The lowest BCUT2D eigenvalue weighted by Crippen LogP contribution is -1.79. The standard InChI is InChI=1S/C10H5FN2S/c11-8-3-7(5-13-6-8)10-2-1-9(4-12)14-10/h1-3,5-6H. The van der Waals surface area contributed by atoms with Crippen LogP contribution in [0.2, 0.25) is 0 Å². The summed E-state index contributed by atoms with van der Waals surface area (Å²) in [5.74, 6) is -0.366. The number of thiophene rings is 1. The minimum absolute atomic E-state index is 0.366. The lowest BCUT2D eigenvalue weighted by Gasteiger charge is -1.94. The molecule has 0 aliphatic heterocycles. The van der Waals surface area contributed by atoms with E-state index < -0.39 is 0 Å². The molecule has 0 radical (unpaired) electrons. The average Bonchev–Trinajstić information content (AvgIpc) is 2.66. The second kappa shape index (κ2) is 3.56. The number of nitriles is 1. The molecule has 0 saturated carbocycles. The number of aromatic nitrogens is 1. The van der Waals surface area contributed by atoms with Gasteiger partial charge in [0, 0.05) is 16.6 Å². The van der Waals surface area contributed by atoms with Crippen molar-refractivity contribution < 1.29 is 4.39 Å². The van der Waals surface area contributed by atoms with Crippen LogP contribution in [0.25, 0.3) is 10.4 Å². The molecule has 2 nitrogen and oxygen atoms in total. The Balaban J connectivity index is 2.45. The van der Waals surface area contributed by atoms with Gasteiger partial charge in [-0.3, -0.25) is 4.98 Å². The molecule has 4 heteroatoms. The molecule has 2 aromatic heterocycles. The van der Waals surface area contributed by atoms with E-state index in [1.165, 1.54) is 17.4 Å². The molecule has 0 bridgehead atoms. The first kappa shape index (κ1) is 8.85. The van der Waals surface area contributed by atoms with Crippen LogP contribution in [0, 0.1) is 17.1 Å². The summed E-state index contributed by atoms with van der Waals surface area (Å²) in [4.78, 5) is 5.21. The lowest BCUT2D eigenvalue weighted by atomic mass is 10.2. The summed E-state index contributed by atoms with van der Waals surface area (Å²) in [6.45, 7) is 0. The maximum Gasteiger partial charge on any atom is 0.142 e. The van der Waals surface area contributed by atoms with E-state index in [-0.39, 0.29) is 5.82 Å². The van der Waals surface area contributed by atoms with E-state index in [9.17, 15) is 4.39 Å². The Kier molecular flexibility index (Phi) is 2.25. The highest BCUT2D eigenvalue weighted by molar-refractivity contribution is 7.16. The Morgan fingerprint density at radius 1 is 1.36 bits per heavy atom. The maximum atomic E-state index is 12.8. The zero-order valence-corrected chi connectivity index (χ0v) is 7.88. The Morgan fingerprint density at radius 2 is 2.21 bits per heavy atom. The van der Waals surface area contributed by atoms with Crippen LogP contribution in [-0.4, -0.2) is 4.98 Å². The molecule has 0 aliphatic carbocycles. The predicted octanol–water partition coefficient (Wildman–Crippen LogP) is 2.82. The number of pyridine rings is 1. The molecule has 0 N–H and O–H groups in total. The van der Waals surface area contributed by atoms with Crippen molar-refractivity contribution >= 4 is 11.3 Å². The fraction of sp³-hybridized carbons (Fsp3) is 0. The molecule has 2 rings (SSSR count). The van der Waals surface area contributed by atoms with Gasteiger partial charge in [-0.05, 0) is 18.2 Å². The smallest absolute Gasteiger partial charge is 0.142 e. The second-order valence-electron chi connectivity index (χ2n) is 2.67. The number of nitrogens with zero attached hydrogens (tertiary/aromatic N) is 2. The van der Waals surface area contributed by atoms with Gasteiger partial charge in [0.2, 0.25) is 0 Å². The van der Waals surface area contributed by atoms with E-state index in [1.54, 1.807) is 18.3 Å². The summed E-state index contributed by atoms with van der Waals surface area (Å²) in [5, 5.41) is 8.62. The van der Waals surface area contributed by atoms with Gasteiger partial charge >= 0.3 is 0 Å². The van der Waals surface area contributed by atoms with Crippen LogP contribution in [0.5, 0.6) is 0 Å². The van der Waals surface area contributed by atoms with Gasteiger partial charge in [-0.2, -0.15) is 5.26 Å². The first-order chi connectivity index (χ1) is 6.79. The summed E-state index contributed by atoms with van der Waals surface area (Å²) in [6.07, 6.45) is 2.73. The SMILES string of the molecule is N#Cc1ccc(-c2cncc(F)c2)s1. The van der Waals surface area contributed by atoms with Crippen molar-refractivity contribution in [2.45, 2.75) is 0 Å². The average molecular weight is 204 g/mol. The predicted molar refractivity (Wildman–Crippen MR) is 52.2 cm³/mol. The summed E-state index contributed by atoms with van der Waals surface area (Å²) in [5.41, 5.74) is 0.705. The van der Waals surface area contributed by atoms with Gasteiger partial charge in [0.15, 0.2) is 0 Å². The summed E-state index contributed by atoms with van der Waals surface area (Å²) >= 11 is 1.33. The largest absolute Gasteiger partial charge is 0.261 e. The summed E-state index contributed by atoms with van der Waals surface area (Å²) in [7, 11) is 0. The number of halogens is 1. The van der Waals surface area contributed by atoms with Crippen molar-refractivity contribution in [3.63, 3.8) is 0 Å². The van der Waals surface area contributed by atoms with Crippen LogP contribution in [0.3, 0.4) is 0 Å². The highest BCUT2D eigenvalue weighted by Crippen LogP contribution is 2.27. The minimum atomic E-state index is -0.366. The van der Waals surface area contributed by atoms with Gasteiger partial charge in [0.05, 0.1) is 6.20 Å². The Hall–Kier alpha value is -1.73. The fourth-order valence-electron chi connectivity index (χ4n) is 1.10. The van der Waals surface area contributed by atoms with Crippen LogP contribution >= 0.6 is 11.3 Å². The molecule has 68 valence electrons. The fourth-order valence-corrected chi connectivity index (χ4v) is 1.88. The van der Waals surface area contributed by atoms with Gasteiger partial charge in [-0.25, -0.2) is 4.39 Å². The van der Waals surface area contributed by atoms with E-state index in [0.29, 0.717) is 10.4 Å². The molecule has 0 fully saturated rings. The Bertz CT molecular complexity index is 499. The second-order valence-corrected chi connectivity index (χ2v) is 3.75. The molecule has 0 aliphatic rings. The van der Waals surface area contributed by atoms with Crippen LogP contribution in [0.4, 0.5) is 4.39 Å². The summed E-state index contributed by atoms with van der Waals surface area (Å²) in [6, 6.07) is 6.94. The molecule has 14 heavy (non-hydrogen) atoms. The molecule has 0 amide bonds. The molecule has 0 aromatic carbocycles.